The third-order valence-electron chi connectivity index (χ3n) is 5.68. The summed E-state index contributed by atoms with van der Waals surface area (Å²) < 4.78 is 7.50. The van der Waals surface area contributed by atoms with Gasteiger partial charge in [-0.3, -0.25) is 9.59 Å². The van der Waals surface area contributed by atoms with E-state index in [9.17, 15) is 19.5 Å². The number of hydrogen-bond donors (Lipinski definition) is 2. The molecule has 0 saturated heterocycles. The van der Waals surface area contributed by atoms with Crippen LogP contribution in [0.3, 0.4) is 0 Å². The van der Waals surface area contributed by atoms with Crippen molar-refractivity contribution in [2.24, 2.45) is 0 Å². The number of H-pyrrole nitrogens is 1. The summed E-state index contributed by atoms with van der Waals surface area (Å²) in [5.41, 5.74) is 0.406. The number of nitrogens with zero attached hydrogens (tertiary/aromatic N) is 1. The number of benzene rings is 1. The first-order valence-electron chi connectivity index (χ1n) is 8.86. The Balaban J connectivity index is 1.84. The number of aromatic nitrogens is 2. The second kappa shape index (κ2) is 5.77. The van der Waals surface area contributed by atoms with Gasteiger partial charge in [0, 0.05) is 25.6 Å². The van der Waals surface area contributed by atoms with Crippen molar-refractivity contribution in [1.82, 2.24) is 9.55 Å². The standard InChI is InChI=1S/C20H15IN2O5/c1-2-20(27)13-6-15-16-11(7-23(15)18(25)12(13)8-28-19(20)26)17(24)10-5-9(21)3-4-14(10)22-16/h3-6,27H,2,7-8H2,1H3,(H,22,24)/t20-/m0/s1. The minimum Gasteiger partial charge on any atom is -0.458 e. The molecule has 142 valence electrons. The molecule has 0 bridgehead atoms. The van der Waals surface area contributed by atoms with Crippen LogP contribution in [0, 0.1) is 3.57 Å². The summed E-state index contributed by atoms with van der Waals surface area (Å²) in [6.45, 7) is 1.62. The van der Waals surface area contributed by atoms with Crippen molar-refractivity contribution in [2.45, 2.75) is 32.1 Å². The highest BCUT2D eigenvalue weighted by atomic mass is 127. The van der Waals surface area contributed by atoms with Gasteiger partial charge in [0.2, 0.25) is 0 Å². The molecule has 0 saturated carbocycles. The Kier molecular flexibility index (Phi) is 3.63. The predicted molar refractivity (Wildman–Crippen MR) is 110 cm³/mol. The summed E-state index contributed by atoms with van der Waals surface area (Å²) in [5.74, 6) is -0.758. The predicted octanol–water partition coefficient (Wildman–Crippen LogP) is 1.98. The lowest BCUT2D eigenvalue weighted by atomic mass is 9.86. The second-order valence-corrected chi connectivity index (χ2v) is 8.35. The normalized spacial score (nSPS) is 19.9. The van der Waals surface area contributed by atoms with Gasteiger partial charge in [0.25, 0.3) is 5.56 Å². The number of carbonyl (C=O) groups excluding carboxylic acids is 1. The molecule has 8 heteroatoms. The Morgan fingerprint density at radius 2 is 2.04 bits per heavy atom. The molecule has 5 rings (SSSR count). The van der Waals surface area contributed by atoms with Crippen molar-refractivity contribution in [3.05, 3.63) is 65.1 Å². The Morgan fingerprint density at radius 1 is 1.25 bits per heavy atom. The average Bonchev–Trinajstić information content (AvgIpc) is 3.05. The van der Waals surface area contributed by atoms with Gasteiger partial charge in [-0.25, -0.2) is 4.79 Å². The quantitative estimate of drug-likeness (QED) is 0.314. The van der Waals surface area contributed by atoms with Crippen molar-refractivity contribution in [1.29, 1.82) is 0 Å². The van der Waals surface area contributed by atoms with E-state index in [1.165, 1.54) is 4.57 Å². The monoisotopic (exact) mass is 490 g/mol. The summed E-state index contributed by atoms with van der Waals surface area (Å²) in [7, 11) is 0. The second-order valence-electron chi connectivity index (χ2n) is 7.10. The molecule has 2 aliphatic rings. The number of aliphatic hydroxyl groups is 1. The summed E-state index contributed by atoms with van der Waals surface area (Å²) >= 11 is 2.15. The number of pyridine rings is 2. The van der Waals surface area contributed by atoms with E-state index in [2.05, 4.69) is 27.6 Å². The van der Waals surface area contributed by atoms with E-state index in [4.69, 9.17) is 4.74 Å². The molecular formula is C20H15IN2O5. The van der Waals surface area contributed by atoms with Crippen molar-refractivity contribution < 1.29 is 14.6 Å². The van der Waals surface area contributed by atoms with Crippen LogP contribution in [-0.4, -0.2) is 20.6 Å². The molecule has 7 nitrogen and oxygen atoms in total. The van der Waals surface area contributed by atoms with Gasteiger partial charge in [0.15, 0.2) is 11.0 Å². The molecule has 0 unspecified atom stereocenters. The first-order chi connectivity index (χ1) is 13.3. The van der Waals surface area contributed by atoms with E-state index in [0.29, 0.717) is 27.9 Å². The molecule has 1 atom stereocenters. The summed E-state index contributed by atoms with van der Waals surface area (Å²) in [6.07, 6.45) is 0.0846. The number of cyclic esters (lactones) is 1. The van der Waals surface area contributed by atoms with Crippen LogP contribution in [0.2, 0.25) is 0 Å². The zero-order valence-corrected chi connectivity index (χ0v) is 17.0. The van der Waals surface area contributed by atoms with Crippen molar-refractivity contribution in [2.75, 3.05) is 0 Å². The highest BCUT2D eigenvalue weighted by molar-refractivity contribution is 14.1. The molecular weight excluding hydrogens is 475 g/mol. The minimum absolute atomic E-state index is 0.0846. The molecule has 2 N–H and O–H groups in total. The van der Waals surface area contributed by atoms with Crippen molar-refractivity contribution >= 4 is 39.5 Å². The van der Waals surface area contributed by atoms with Crippen LogP contribution < -0.4 is 11.0 Å². The lowest BCUT2D eigenvalue weighted by Crippen LogP contribution is -2.44. The molecule has 2 aliphatic heterocycles. The van der Waals surface area contributed by atoms with Crippen LogP contribution in [0.4, 0.5) is 0 Å². The maximum atomic E-state index is 13.1. The highest BCUT2D eigenvalue weighted by Crippen LogP contribution is 2.37. The van der Waals surface area contributed by atoms with Gasteiger partial charge < -0.3 is 19.4 Å². The van der Waals surface area contributed by atoms with E-state index in [1.54, 1.807) is 13.0 Å². The summed E-state index contributed by atoms with van der Waals surface area (Å²) in [4.78, 5) is 41.6. The molecule has 0 spiro atoms. The average molecular weight is 490 g/mol. The number of aromatic amines is 1. The minimum atomic E-state index is -1.86. The number of ether oxygens (including phenoxy) is 1. The summed E-state index contributed by atoms with van der Waals surface area (Å²) in [5, 5.41) is 11.4. The van der Waals surface area contributed by atoms with Gasteiger partial charge in [-0.1, -0.05) is 6.92 Å². The largest absolute Gasteiger partial charge is 0.458 e. The smallest absolute Gasteiger partial charge is 0.343 e. The topological polar surface area (TPSA) is 101 Å². The third kappa shape index (κ3) is 2.15. The number of fused-ring (bicyclic) bond motifs is 5. The zero-order chi connectivity index (χ0) is 19.8. The molecule has 3 aromatic rings. The SMILES string of the molecule is CC[C@@]1(O)C(=O)OCc2c1cc1n(c2=O)Cc2c-1[nH]c1ccc(I)cc1c2=O. The fourth-order valence-corrected chi connectivity index (χ4v) is 4.58. The summed E-state index contributed by atoms with van der Waals surface area (Å²) in [6, 6.07) is 7.18. The fraction of sp³-hybridized carbons (Fsp3) is 0.250. The Hall–Kier alpha value is -2.46. The van der Waals surface area contributed by atoms with Crippen LogP contribution in [0.25, 0.3) is 22.3 Å². The molecule has 0 amide bonds. The van der Waals surface area contributed by atoms with Gasteiger partial charge in [-0.05, 0) is 53.3 Å². The van der Waals surface area contributed by atoms with Crippen LogP contribution in [0.15, 0.2) is 33.9 Å². The van der Waals surface area contributed by atoms with E-state index < -0.39 is 11.6 Å². The molecule has 28 heavy (non-hydrogen) atoms. The maximum Gasteiger partial charge on any atom is 0.343 e. The molecule has 1 aromatic carbocycles. The van der Waals surface area contributed by atoms with Gasteiger partial charge in [0.05, 0.1) is 23.5 Å². The van der Waals surface area contributed by atoms with Gasteiger partial charge in [-0.2, -0.15) is 0 Å². The molecule has 0 radical (unpaired) electrons. The Bertz CT molecular complexity index is 1320. The fourth-order valence-electron chi connectivity index (χ4n) is 4.09. The highest BCUT2D eigenvalue weighted by Gasteiger charge is 2.45. The first-order valence-corrected chi connectivity index (χ1v) is 9.94. The van der Waals surface area contributed by atoms with Crippen molar-refractivity contribution in [3.8, 4) is 11.4 Å². The number of carbonyl (C=O) groups is 1. The molecule has 4 heterocycles. The van der Waals surface area contributed by atoms with E-state index in [-0.39, 0.29) is 41.7 Å². The van der Waals surface area contributed by atoms with E-state index in [0.717, 1.165) is 3.57 Å². The van der Waals surface area contributed by atoms with E-state index in [1.807, 2.05) is 18.2 Å². The van der Waals surface area contributed by atoms with Crippen LogP contribution in [0.5, 0.6) is 0 Å². The number of nitrogens with one attached hydrogen (secondary N) is 1. The Labute approximate surface area is 172 Å². The van der Waals surface area contributed by atoms with Gasteiger partial charge in [0.1, 0.15) is 6.61 Å². The van der Waals surface area contributed by atoms with Crippen LogP contribution in [0.1, 0.15) is 30.0 Å². The number of rotatable bonds is 1. The number of esters is 1. The van der Waals surface area contributed by atoms with Crippen molar-refractivity contribution in [3.63, 3.8) is 0 Å². The Morgan fingerprint density at radius 3 is 2.79 bits per heavy atom. The maximum absolute atomic E-state index is 13.1. The lowest BCUT2D eigenvalue weighted by molar-refractivity contribution is -0.172. The van der Waals surface area contributed by atoms with Crippen LogP contribution >= 0.6 is 22.6 Å². The number of halogens is 1. The molecule has 0 aliphatic carbocycles. The van der Waals surface area contributed by atoms with E-state index >= 15 is 0 Å². The molecule has 2 aromatic heterocycles. The third-order valence-corrected chi connectivity index (χ3v) is 6.35. The van der Waals surface area contributed by atoms with Gasteiger partial charge in [-0.15, -0.1) is 0 Å². The molecule has 0 fully saturated rings. The first kappa shape index (κ1) is 17.6. The zero-order valence-electron chi connectivity index (χ0n) is 14.8. The lowest BCUT2D eigenvalue weighted by Gasteiger charge is -2.31. The van der Waals surface area contributed by atoms with Gasteiger partial charge >= 0.3 is 5.97 Å². The number of hydrogen-bond acceptors (Lipinski definition) is 5. The van der Waals surface area contributed by atoms with Crippen LogP contribution in [-0.2, 0) is 28.3 Å².